The van der Waals surface area contributed by atoms with Crippen molar-refractivity contribution >= 4 is 12.1 Å². The maximum Gasteiger partial charge on any atom is 0.408 e. The molecule has 0 heterocycles. The van der Waals surface area contributed by atoms with Crippen LogP contribution in [0.25, 0.3) is 0 Å². The van der Waals surface area contributed by atoms with Crippen molar-refractivity contribution in [1.29, 1.82) is 5.26 Å². The first-order chi connectivity index (χ1) is 10.2. The van der Waals surface area contributed by atoms with E-state index in [1.54, 1.807) is 39.0 Å². The Morgan fingerprint density at radius 3 is 2.64 bits per heavy atom. The van der Waals surface area contributed by atoms with Crippen LogP contribution < -0.4 is 5.32 Å². The first-order valence-corrected chi connectivity index (χ1v) is 6.92. The topological polar surface area (TPSA) is 99.4 Å². The smallest absolute Gasteiger partial charge is 0.408 e. The number of hydrogen-bond donors (Lipinski definition) is 2. The number of amides is 1. The van der Waals surface area contributed by atoms with E-state index in [1.807, 2.05) is 12.1 Å². The summed E-state index contributed by atoms with van der Waals surface area (Å²) in [6.45, 7) is 5.11. The molecule has 1 aromatic carbocycles. The second-order valence-corrected chi connectivity index (χ2v) is 5.89. The molecule has 1 unspecified atom stereocenters. The molecular formula is C16H20N2O4. The van der Waals surface area contributed by atoms with Gasteiger partial charge in [-0.1, -0.05) is 12.1 Å². The Bertz CT molecular complexity index is 585. The van der Waals surface area contributed by atoms with E-state index in [4.69, 9.17) is 10.00 Å². The lowest BCUT2D eigenvalue weighted by Crippen LogP contribution is -2.43. The number of alkyl carbamates (subject to hydrolysis) is 1. The summed E-state index contributed by atoms with van der Waals surface area (Å²) in [6.07, 6.45) is -0.114. The van der Waals surface area contributed by atoms with Crippen molar-refractivity contribution in [2.75, 3.05) is 0 Å². The van der Waals surface area contributed by atoms with Gasteiger partial charge in [-0.2, -0.15) is 5.26 Å². The average Bonchev–Trinajstić information content (AvgIpc) is 2.41. The summed E-state index contributed by atoms with van der Waals surface area (Å²) < 4.78 is 5.05. The highest BCUT2D eigenvalue weighted by Gasteiger charge is 2.23. The van der Waals surface area contributed by atoms with Gasteiger partial charge in [0.05, 0.1) is 11.6 Å². The second kappa shape index (κ2) is 7.46. The molecule has 6 heteroatoms. The van der Waals surface area contributed by atoms with Crippen LogP contribution in [0.3, 0.4) is 0 Å². The Labute approximate surface area is 129 Å². The van der Waals surface area contributed by atoms with Crippen molar-refractivity contribution in [3.05, 3.63) is 35.4 Å². The number of benzene rings is 1. The van der Waals surface area contributed by atoms with Crippen molar-refractivity contribution in [3.63, 3.8) is 0 Å². The number of aliphatic carboxylic acids is 1. The highest BCUT2D eigenvalue weighted by molar-refractivity contribution is 5.80. The standard InChI is InChI=1S/C16H20N2O4/c1-16(2,3)22-15(21)18-13(14(19)20)8-7-11-5-4-6-12(9-11)10-17/h4-6,9,13H,7-8H2,1-3H3,(H,18,21)(H,19,20). The van der Waals surface area contributed by atoms with Crippen LogP contribution in [0.1, 0.15) is 38.3 Å². The molecule has 0 fully saturated rings. The minimum absolute atomic E-state index is 0.212. The van der Waals surface area contributed by atoms with Crippen LogP contribution in [0, 0.1) is 11.3 Å². The van der Waals surface area contributed by atoms with Gasteiger partial charge in [0, 0.05) is 0 Å². The summed E-state index contributed by atoms with van der Waals surface area (Å²) in [5.41, 5.74) is 0.676. The molecule has 1 amide bonds. The van der Waals surface area contributed by atoms with Crippen LogP contribution in [0.5, 0.6) is 0 Å². The molecule has 22 heavy (non-hydrogen) atoms. The first kappa shape index (κ1) is 17.5. The van der Waals surface area contributed by atoms with Gasteiger partial charge in [0.25, 0.3) is 0 Å². The van der Waals surface area contributed by atoms with E-state index >= 15 is 0 Å². The highest BCUT2D eigenvalue weighted by atomic mass is 16.6. The van der Waals surface area contributed by atoms with Gasteiger partial charge in [-0.3, -0.25) is 0 Å². The molecule has 0 bridgehead atoms. The molecule has 0 aliphatic rings. The largest absolute Gasteiger partial charge is 0.480 e. The molecule has 0 saturated carbocycles. The summed E-state index contributed by atoms with van der Waals surface area (Å²) in [7, 11) is 0. The van der Waals surface area contributed by atoms with E-state index in [9.17, 15) is 14.7 Å². The number of hydrogen-bond acceptors (Lipinski definition) is 4. The van der Waals surface area contributed by atoms with Crippen LogP contribution in [-0.4, -0.2) is 28.8 Å². The molecule has 0 aromatic heterocycles. The summed E-state index contributed by atoms with van der Waals surface area (Å²) in [5.74, 6) is -1.12. The summed E-state index contributed by atoms with van der Waals surface area (Å²) in [5, 5.41) is 20.4. The summed E-state index contributed by atoms with van der Waals surface area (Å²) in [4.78, 5) is 22.9. The van der Waals surface area contributed by atoms with Gasteiger partial charge in [-0.15, -0.1) is 0 Å². The third-order valence-corrected chi connectivity index (χ3v) is 2.77. The lowest BCUT2D eigenvalue weighted by atomic mass is 10.0. The normalized spacial score (nSPS) is 12.1. The molecule has 118 valence electrons. The number of carbonyl (C=O) groups excluding carboxylic acids is 1. The molecule has 2 N–H and O–H groups in total. The van der Waals surface area contributed by atoms with Crippen LogP contribution in [0.4, 0.5) is 4.79 Å². The molecule has 1 aromatic rings. The molecule has 0 spiro atoms. The highest BCUT2D eigenvalue weighted by Crippen LogP contribution is 2.10. The molecular weight excluding hydrogens is 284 g/mol. The fraction of sp³-hybridized carbons (Fsp3) is 0.438. The van der Waals surface area contributed by atoms with E-state index in [0.717, 1.165) is 5.56 Å². The average molecular weight is 304 g/mol. The molecule has 0 radical (unpaired) electrons. The fourth-order valence-electron chi connectivity index (χ4n) is 1.81. The van der Waals surface area contributed by atoms with Crippen molar-refractivity contribution in [2.24, 2.45) is 0 Å². The number of nitrogens with one attached hydrogen (secondary N) is 1. The van der Waals surface area contributed by atoms with Gasteiger partial charge >= 0.3 is 12.1 Å². The zero-order valence-electron chi connectivity index (χ0n) is 12.9. The number of carbonyl (C=O) groups is 2. The minimum atomic E-state index is -1.12. The van der Waals surface area contributed by atoms with E-state index in [-0.39, 0.29) is 6.42 Å². The monoisotopic (exact) mass is 304 g/mol. The molecule has 0 saturated heterocycles. The lowest BCUT2D eigenvalue weighted by molar-refractivity contribution is -0.139. The van der Waals surface area contributed by atoms with Gasteiger partial charge in [-0.05, 0) is 51.3 Å². The van der Waals surface area contributed by atoms with Gasteiger partial charge < -0.3 is 15.2 Å². The fourth-order valence-corrected chi connectivity index (χ4v) is 1.81. The summed E-state index contributed by atoms with van der Waals surface area (Å²) in [6, 6.07) is 7.92. The maximum absolute atomic E-state index is 11.6. The second-order valence-electron chi connectivity index (χ2n) is 5.89. The third kappa shape index (κ3) is 6.27. The number of nitriles is 1. The Balaban J connectivity index is 2.63. The number of rotatable bonds is 5. The van der Waals surface area contributed by atoms with Crippen molar-refractivity contribution in [2.45, 2.75) is 45.3 Å². The number of carboxylic acid groups (broad SMARTS) is 1. The minimum Gasteiger partial charge on any atom is -0.480 e. The van der Waals surface area contributed by atoms with E-state index < -0.39 is 23.7 Å². The Kier molecular flexibility index (Phi) is 5.93. The van der Waals surface area contributed by atoms with Crippen molar-refractivity contribution in [3.8, 4) is 6.07 Å². The zero-order chi connectivity index (χ0) is 16.8. The van der Waals surface area contributed by atoms with Crippen LogP contribution in [-0.2, 0) is 16.0 Å². The molecule has 6 nitrogen and oxygen atoms in total. The summed E-state index contributed by atoms with van der Waals surface area (Å²) >= 11 is 0. The van der Waals surface area contributed by atoms with Crippen LogP contribution >= 0.6 is 0 Å². The number of carboxylic acids is 1. The van der Waals surface area contributed by atoms with Crippen LogP contribution in [0.15, 0.2) is 24.3 Å². The van der Waals surface area contributed by atoms with Gasteiger partial charge in [-0.25, -0.2) is 9.59 Å². The first-order valence-electron chi connectivity index (χ1n) is 6.92. The Hall–Kier alpha value is -2.55. The van der Waals surface area contributed by atoms with Gasteiger partial charge in [0.15, 0.2) is 0 Å². The predicted molar refractivity (Wildman–Crippen MR) is 80.3 cm³/mol. The molecule has 1 atom stereocenters. The zero-order valence-corrected chi connectivity index (χ0v) is 12.9. The number of aryl methyl sites for hydroxylation is 1. The van der Waals surface area contributed by atoms with E-state index in [0.29, 0.717) is 12.0 Å². The molecule has 1 rings (SSSR count). The quantitative estimate of drug-likeness (QED) is 0.870. The van der Waals surface area contributed by atoms with Crippen molar-refractivity contribution in [1.82, 2.24) is 5.32 Å². The van der Waals surface area contributed by atoms with Gasteiger partial charge in [0.1, 0.15) is 11.6 Å². The SMILES string of the molecule is CC(C)(C)OC(=O)NC(CCc1cccc(C#N)c1)C(=O)O. The van der Waals surface area contributed by atoms with Crippen LogP contribution in [0.2, 0.25) is 0 Å². The van der Waals surface area contributed by atoms with Gasteiger partial charge in [0.2, 0.25) is 0 Å². The maximum atomic E-state index is 11.6. The Morgan fingerprint density at radius 1 is 1.41 bits per heavy atom. The van der Waals surface area contributed by atoms with E-state index in [1.165, 1.54) is 0 Å². The number of ether oxygens (including phenoxy) is 1. The third-order valence-electron chi connectivity index (χ3n) is 2.77. The van der Waals surface area contributed by atoms with E-state index in [2.05, 4.69) is 5.32 Å². The Morgan fingerprint density at radius 2 is 2.09 bits per heavy atom. The predicted octanol–water partition coefficient (Wildman–Crippen LogP) is 2.47. The lowest BCUT2D eigenvalue weighted by Gasteiger charge is -2.22. The number of nitrogens with zero attached hydrogens (tertiary/aromatic N) is 1. The van der Waals surface area contributed by atoms with Crippen molar-refractivity contribution < 1.29 is 19.4 Å². The molecule has 0 aliphatic carbocycles. The molecule has 0 aliphatic heterocycles.